The van der Waals surface area contributed by atoms with E-state index >= 15 is 0 Å². The van der Waals surface area contributed by atoms with E-state index in [1.165, 1.54) is 6.08 Å². The molecule has 1 aliphatic rings. The van der Waals surface area contributed by atoms with Gasteiger partial charge in [0.15, 0.2) is 0 Å². The number of ether oxygens (including phenoxy) is 1. The molecule has 2 N–H and O–H groups in total. The molecule has 1 atom stereocenters. The van der Waals surface area contributed by atoms with E-state index < -0.39 is 12.0 Å². The number of nitrogens with zero attached hydrogens (tertiary/aromatic N) is 1. The third-order valence-corrected chi connectivity index (χ3v) is 4.18. The lowest BCUT2D eigenvalue weighted by atomic mass is 9.95. The van der Waals surface area contributed by atoms with Crippen molar-refractivity contribution in [2.24, 2.45) is 0 Å². The van der Waals surface area contributed by atoms with Crippen LogP contribution in [0.2, 0.25) is 0 Å². The summed E-state index contributed by atoms with van der Waals surface area (Å²) < 4.78 is 5.17. The second-order valence-corrected chi connectivity index (χ2v) is 5.72. The molecule has 6 nitrogen and oxygen atoms in total. The summed E-state index contributed by atoms with van der Waals surface area (Å²) in [6.45, 7) is 11.4. The van der Waals surface area contributed by atoms with Gasteiger partial charge in [-0.1, -0.05) is 24.8 Å². The van der Waals surface area contributed by atoms with Crippen LogP contribution in [0.4, 0.5) is 10.5 Å². The van der Waals surface area contributed by atoms with Gasteiger partial charge in [-0.2, -0.15) is 0 Å². The first kappa shape index (κ1) is 18.6. The molecule has 1 aromatic rings. The Morgan fingerprint density at radius 3 is 2.48 bits per heavy atom. The monoisotopic (exact) mass is 343 g/mol. The van der Waals surface area contributed by atoms with Crippen LogP contribution in [0.25, 0.3) is 0 Å². The highest BCUT2D eigenvalue weighted by Crippen LogP contribution is 2.29. The molecule has 0 unspecified atom stereocenters. The average Bonchev–Trinajstić information content (AvgIpc) is 2.60. The van der Waals surface area contributed by atoms with Gasteiger partial charge in [0.25, 0.3) is 0 Å². The molecule has 25 heavy (non-hydrogen) atoms. The number of amides is 2. The number of nitrogens with one attached hydrogen (secondary N) is 2. The van der Waals surface area contributed by atoms with Crippen molar-refractivity contribution in [3.05, 3.63) is 53.8 Å². The highest BCUT2D eigenvalue weighted by molar-refractivity contribution is 5.95. The molecule has 0 aromatic heterocycles. The molecule has 0 spiro atoms. The van der Waals surface area contributed by atoms with E-state index in [9.17, 15) is 9.59 Å². The molecule has 1 aromatic carbocycles. The molecule has 0 aliphatic carbocycles. The third-order valence-electron chi connectivity index (χ3n) is 4.18. The second kappa shape index (κ2) is 8.37. The lowest BCUT2D eigenvalue weighted by molar-refractivity contribution is -0.138. The van der Waals surface area contributed by atoms with Crippen LogP contribution in [-0.4, -0.2) is 31.7 Å². The fourth-order valence-corrected chi connectivity index (χ4v) is 2.89. The molecule has 1 aliphatic heterocycles. The van der Waals surface area contributed by atoms with Gasteiger partial charge in [-0.25, -0.2) is 9.59 Å². The Morgan fingerprint density at radius 1 is 1.28 bits per heavy atom. The summed E-state index contributed by atoms with van der Waals surface area (Å²) in [4.78, 5) is 26.5. The zero-order valence-electron chi connectivity index (χ0n) is 15.0. The predicted molar refractivity (Wildman–Crippen MR) is 98.3 cm³/mol. The quantitative estimate of drug-likeness (QED) is 0.590. The maximum atomic E-state index is 12.4. The molecule has 0 fully saturated rings. The Balaban J connectivity index is 2.33. The average molecular weight is 343 g/mol. The highest BCUT2D eigenvalue weighted by atomic mass is 16.5. The Bertz CT molecular complexity index is 676. The summed E-state index contributed by atoms with van der Waals surface area (Å²) in [6, 6.07) is 6.97. The van der Waals surface area contributed by atoms with E-state index in [0.717, 1.165) is 24.3 Å². The number of urea groups is 1. The molecule has 0 saturated carbocycles. The topological polar surface area (TPSA) is 70.7 Å². The van der Waals surface area contributed by atoms with Crippen LogP contribution in [0.3, 0.4) is 0 Å². The molecule has 2 amide bonds. The van der Waals surface area contributed by atoms with Gasteiger partial charge in [0, 0.05) is 24.5 Å². The number of carbonyl (C=O) groups excluding carboxylic acids is 2. The molecular weight excluding hydrogens is 318 g/mol. The summed E-state index contributed by atoms with van der Waals surface area (Å²) in [5.74, 6) is -0.470. The molecule has 134 valence electrons. The number of esters is 1. The smallest absolute Gasteiger partial charge is 0.338 e. The maximum Gasteiger partial charge on any atom is 0.338 e. The van der Waals surface area contributed by atoms with E-state index in [1.54, 1.807) is 6.92 Å². The number of allylic oxidation sites excluding steroid dienone is 1. The summed E-state index contributed by atoms with van der Waals surface area (Å²) in [5, 5.41) is 5.43. The van der Waals surface area contributed by atoms with Crippen molar-refractivity contribution < 1.29 is 14.3 Å². The van der Waals surface area contributed by atoms with Crippen LogP contribution in [0.1, 0.15) is 32.4 Å². The van der Waals surface area contributed by atoms with Crippen molar-refractivity contribution in [1.82, 2.24) is 10.6 Å². The van der Waals surface area contributed by atoms with Gasteiger partial charge in [-0.3, -0.25) is 0 Å². The molecule has 0 radical (unpaired) electrons. The fourth-order valence-electron chi connectivity index (χ4n) is 2.89. The van der Waals surface area contributed by atoms with Crippen molar-refractivity contribution >= 4 is 17.7 Å². The Hall–Kier alpha value is -2.76. The van der Waals surface area contributed by atoms with Gasteiger partial charge in [0.05, 0.1) is 11.6 Å². The maximum absolute atomic E-state index is 12.4. The van der Waals surface area contributed by atoms with Crippen LogP contribution in [0.15, 0.2) is 48.2 Å². The van der Waals surface area contributed by atoms with E-state index in [4.69, 9.17) is 4.74 Å². The van der Waals surface area contributed by atoms with Crippen LogP contribution in [0, 0.1) is 0 Å². The normalized spacial score (nSPS) is 16.8. The minimum Gasteiger partial charge on any atom is -0.458 e. The van der Waals surface area contributed by atoms with E-state index in [0.29, 0.717) is 11.3 Å². The lowest BCUT2D eigenvalue weighted by Crippen LogP contribution is -2.45. The fraction of sp³-hybridized carbons (Fsp3) is 0.368. The summed E-state index contributed by atoms with van der Waals surface area (Å²) in [6.07, 6.45) is 1.51. The molecule has 6 heteroatoms. The van der Waals surface area contributed by atoms with Gasteiger partial charge < -0.3 is 20.3 Å². The Morgan fingerprint density at radius 2 is 1.92 bits per heavy atom. The zero-order valence-corrected chi connectivity index (χ0v) is 15.0. The third kappa shape index (κ3) is 4.21. The Labute approximate surface area is 148 Å². The van der Waals surface area contributed by atoms with Crippen LogP contribution < -0.4 is 15.5 Å². The van der Waals surface area contributed by atoms with E-state index in [-0.39, 0.29) is 12.6 Å². The highest BCUT2D eigenvalue weighted by Gasteiger charge is 2.32. The van der Waals surface area contributed by atoms with Gasteiger partial charge in [-0.15, -0.1) is 0 Å². The van der Waals surface area contributed by atoms with Gasteiger partial charge in [-0.05, 0) is 38.5 Å². The lowest BCUT2D eigenvalue weighted by Gasteiger charge is -2.28. The van der Waals surface area contributed by atoms with Gasteiger partial charge >= 0.3 is 12.0 Å². The van der Waals surface area contributed by atoms with Gasteiger partial charge in [0.2, 0.25) is 0 Å². The first-order chi connectivity index (χ1) is 12.0. The van der Waals surface area contributed by atoms with E-state index in [2.05, 4.69) is 36.0 Å². The Kier molecular flexibility index (Phi) is 6.22. The number of hydrogen-bond acceptors (Lipinski definition) is 4. The second-order valence-electron chi connectivity index (χ2n) is 5.72. The van der Waals surface area contributed by atoms with Crippen molar-refractivity contribution in [3.63, 3.8) is 0 Å². The summed E-state index contributed by atoms with van der Waals surface area (Å²) in [5.41, 5.74) is 2.83. The van der Waals surface area contributed by atoms with Crippen molar-refractivity contribution in [2.75, 3.05) is 24.6 Å². The SMILES string of the molecule is C=CCOC(=O)C1=C(C)NC(=O)N[C@H]1c1ccc(N(CC)CC)cc1. The number of carbonyl (C=O) groups is 2. The van der Waals surface area contributed by atoms with Crippen molar-refractivity contribution in [2.45, 2.75) is 26.8 Å². The van der Waals surface area contributed by atoms with Crippen LogP contribution >= 0.6 is 0 Å². The molecular formula is C19H25N3O3. The number of rotatable bonds is 7. The summed E-state index contributed by atoms with van der Waals surface area (Å²) in [7, 11) is 0. The molecule has 1 heterocycles. The standard InChI is InChI=1S/C19H25N3O3/c1-5-12-25-18(23)16-13(4)20-19(24)21-17(16)14-8-10-15(11-9-14)22(6-2)7-3/h5,8-11,17H,1,6-7,12H2,2-4H3,(H2,20,21,24)/t17-/m0/s1. The first-order valence-corrected chi connectivity index (χ1v) is 8.43. The van der Waals surface area contributed by atoms with Crippen LogP contribution in [0.5, 0.6) is 0 Å². The van der Waals surface area contributed by atoms with Crippen molar-refractivity contribution in [1.29, 1.82) is 0 Å². The minimum absolute atomic E-state index is 0.122. The number of anilines is 1. The minimum atomic E-state index is -0.545. The van der Waals surface area contributed by atoms with Gasteiger partial charge in [0.1, 0.15) is 6.61 Å². The first-order valence-electron chi connectivity index (χ1n) is 8.43. The largest absolute Gasteiger partial charge is 0.458 e. The number of hydrogen-bond donors (Lipinski definition) is 2. The van der Waals surface area contributed by atoms with Crippen molar-refractivity contribution in [3.8, 4) is 0 Å². The van der Waals surface area contributed by atoms with E-state index in [1.807, 2.05) is 24.3 Å². The number of benzene rings is 1. The predicted octanol–water partition coefficient (Wildman–Crippen LogP) is 2.89. The molecule has 0 saturated heterocycles. The van der Waals surface area contributed by atoms with Crippen LogP contribution in [-0.2, 0) is 9.53 Å². The molecule has 0 bridgehead atoms. The summed E-state index contributed by atoms with van der Waals surface area (Å²) >= 11 is 0. The molecule has 2 rings (SSSR count). The zero-order chi connectivity index (χ0) is 18.4.